The second kappa shape index (κ2) is 6.29. The smallest absolute Gasteiger partial charge is 0.211 e. The van der Waals surface area contributed by atoms with Gasteiger partial charge in [0.05, 0.1) is 6.10 Å². The SMILES string of the molecule is CCCC(O)C=CNC=O. The van der Waals surface area contributed by atoms with Crippen molar-refractivity contribution in [1.29, 1.82) is 0 Å². The summed E-state index contributed by atoms with van der Waals surface area (Å²) in [4.78, 5) is 9.70. The molecule has 0 saturated heterocycles. The number of aliphatic hydroxyl groups is 1. The zero-order valence-electron chi connectivity index (χ0n) is 6.08. The van der Waals surface area contributed by atoms with E-state index in [9.17, 15) is 4.79 Å². The van der Waals surface area contributed by atoms with E-state index in [1.165, 1.54) is 6.20 Å². The molecular formula is C7H13NO2. The monoisotopic (exact) mass is 143 g/mol. The Bertz CT molecular complexity index is 112. The first-order chi connectivity index (χ1) is 4.81. The van der Waals surface area contributed by atoms with Gasteiger partial charge in [0.1, 0.15) is 0 Å². The minimum Gasteiger partial charge on any atom is -0.389 e. The molecule has 0 rings (SSSR count). The van der Waals surface area contributed by atoms with Crippen LogP contribution < -0.4 is 5.32 Å². The topological polar surface area (TPSA) is 49.3 Å². The van der Waals surface area contributed by atoms with E-state index in [1.807, 2.05) is 6.92 Å². The van der Waals surface area contributed by atoms with Gasteiger partial charge in [-0.3, -0.25) is 4.79 Å². The summed E-state index contributed by atoms with van der Waals surface area (Å²) in [5, 5.41) is 11.3. The molecule has 3 heteroatoms. The fraction of sp³-hybridized carbons (Fsp3) is 0.571. The Morgan fingerprint density at radius 3 is 2.90 bits per heavy atom. The molecule has 0 aliphatic heterocycles. The summed E-state index contributed by atoms with van der Waals surface area (Å²) in [6.07, 6.45) is 4.79. The molecule has 2 N–H and O–H groups in total. The fourth-order valence-corrected chi connectivity index (χ4v) is 0.598. The van der Waals surface area contributed by atoms with Gasteiger partial charge in [-0.1, -0.05) is 13.3 Å². The number of aliphatic hydroxyl groups excluding tert-OH is 1. The first kappa shape index (κ1) is 9.17. The van der Waals surface area contributed by atoms with E-state index in [4.69, 9.17) is 5.11 Å². The first-order valence-corrected chi connectivity index (χ1v) is 3.35. The van der Waals surface area contributed by atoms with Gasteiger partial charge in [-0.25, -0.2) is 0 Å². The molecule has 0 saturated carbocycles. The van der Waals surface area contributed by atoms with E-state index in [0.717, 1.165) is 12.8 Å². The molecule has 0 aromatic rings. The van der Waals surface area contributed by atoms with Crippen molar-refractivity contribution in [2.45, 2.75) is 25.9 Å². The fourth-order valence-electron chi connectivity index (χ4n) is 0.598. The standard InChI is InChI=1S/C7H13NO2/c1-2-3-7(10)4-5-8-6-9/h4-7,10H,2-3H2,1H3,(H,8,9). The molecule has 0 fully saturated rings. The van der Waals surface area contributed by atoms with E-state index in [0.29, 0.717) is 6.41 Å². The van der Waals surface area contributed by atoms with Gasteiger partial charge in [-0.05, 0) is 12.5 Å². The lowest BCUT2D eigenvalue weighted by atomic mass is 10.2. The molecule has 0 radical (unpaired) electrons. The van der Waals surface area contributed by atoms with Crippen molar-refractivity contribution in [3.8, 4) is 0 Å². The lowest BCUT2D eigenvalue weighted by Gasteiger charge is -2.00. The van der Waals surface area contributed by atoms with E-state index in [-0.39, 0.29) is 0 Å². The zero-order chi connectivity index (χ0) is 7.82. The molecule has 3 nitrogen and oxygen atoms in total. The lowest BCUT2D eigenvalue weighted by Crippen LogP contribution is -2.05. The van der Waals surface area contributed by atoms with Crippen molar-refractivity contribution in [2.24, 2.45) is 0 Å². The molecule has 0 aliphatic carbocycles. The van der Waals surface area contributed by atoms with Crippen LogP contribution in [0.2, 0.25) is 0 Å². The van der Waals surface area contributed by atoms with Crippen LogP contribution in [0.5, 0.6) is 0 Å². The Morgan fingerprint density at radius 2 is 2.40 bits per heavy atom. The van der Waals surface area contributed by atoms with Crippen LogP contribution in [0, 0.1) is 0 Å². The zero-order valence-corrected chi connectivity index (χ0v) is 6.08. The molecule has 1 unspecified atom stereocenters. The number of carbonyl (C=O) groups is 1. The highest BCUT2D eigenvalue weighted by Crippen LogP contribution is 1.95. The summed E-state index contributed by atoms with van der Waals surface area (Å²) in [5.74, 6) is 0. The van der Waals surface area contributed by atoms with Gasteiger partial charge in [-0.2, -0.15) is 0 Å². The number of nitrogens with one attached hydrogen (secondary N) is 1. The Kier molecular flexibility index (Phi) is 5.77. The summed E-state index contributed by atoms with van der Waals surface area (Å²) in [6, 6.07) is 0. The minimum absolute atomic E-state index is 0.433. The highest BCUT2D eigenvalue weighted by Gasteiger charge is 1.93. The minimum atomic E-state index is -0.433. The largest absolute Gasteiger partial charge is 0.389 e. The number of rotatable bonds is 5. The van der Waals surface area contributed by atoms with Crippen molar-refractivity contribution in [1.82, 2.24) is 5.32 Å². The predicted octanol–water partition coefficient (Wildman–Crippen LogP) is 0.407. The second-order valence-corrected chi connectivity index (χ2v) is 2.00. The van der Waals surface area contributed by atoms with Crippen molar-refractivity contribution in [3.05, 3.63) is 12.3 Å². The van der Waals surface area contributed by atoms with Crippen molar-refractivity contribution >= 4 is 6.41 Å². The van der Waals surface area contributed by atoms with Crippen molar-refractivity contribution in [3.63, 3.8) is 0 Å². The molecule has 0 bridgehead atoms. The molecule has 1 atom stereocenters. The summed E-state index contributed by atoms with van der Waals surface area (Å²) >= 11 is 0. The van der Waals surface area contributed by atoms with Crippen LogP contribution in [0.3, 0.4) is 0 Å². The Morgan fingerprint density at radius 1 is 1.70 bits per heavy atom. The average Bonchev–Trinajstić information content (AvgIpc) is 1.89. The van der Waals surface area contributed by atoms with Crippen molar-refractivity contribution in [2.75, 3.05) is 0 Å². The van der Waals surface area contributed by atoms with Gasteiger partial charge in [0.15, 0.2) is 0 Å². The van der Waals surface area contributed by atoms with Crippen LogP contribution in [0.1, 0.15) is 19.8 Å². The molecule has 10 heavy (non-hydrogen) atoms. The van der Waals surface area contributed by atoms with E-state index >= 15 is 0 Å². The summed E-state index contributed by atoms with van der Waals surface area (Å²) in [5.41, 5.74) is 0. The maximum Gasteiger partial charge on any atom is 0.211 e. The van der Waals surface area contributed by atoms with Crippen LogP contribution in [-0.2, 0) is 4.79 Å². The molecule has 0 aromatic heterocycles. The van der Waals surface area contributed by atoms with Crippen LogP contribution in [0.15, 0.2) is 12.3 Å². The number of carbonyl (C=O) groups excluding carboxylic acids is 1. The molecule has 0 aromatic carbocycles. The third-order valence-corrected chi connectivity index (χ3v) is 1.07. The lowest BCUT2D eigenvalue weighted by molar-refractivity contribution is -0.108. The van der Waals surface area contributed by atoms with Gasteiger partial charge >= 0.3 is 0 Å². The van der Waals surface area contributed by atoms with Gasteiger partial charge in [0.2, 0.25) is 6.41 Å². The van der Waals surface area contributed by atoms with E-state index < -0.39 is 6.10 Å². The Hall–Kier alpha value is -0.830. The maximum atomic E-state index is 9.70. The Balaban J connectivity index is 3.34. The van der Waals surface area contributed by atoms with E-state index in [1.54, 1.807) is 6.08 Å². The highest BCUT2D eigenvalue weighted by molar-refractivity contribution is 5.47. The third kappa shape index (κ3) is 5.31. The van der Waals surface area contributed by atoms with Gasteiger partial charge in [0, 0.05) is 6.20 Å². The van der Waals surface area contributed by atoms with Crippen LogP contribution in [0.4, 0.5) is 0 Å². The van der Waals surface area contributed by atoms with E-state index in [2.05, 4.69) is 5.32 Å². The van der Waals surface area contributed by atoms with Gasteiger partial charge < -0.3 is 10.4 Å². The second-order valence-electron chi connectivity index (χ2n) is 2.00. The normalized spacial score (nSPS) is 13.4. The van der Waals surface area contributed by atoms with Crippen LogP contribution in [-0.4, -0.2) is 17.6 Å². The first-order valence-electron chi connectivity index (χ1n) is 3.35. The summed E-state index contributed by atoms with van der Waals surface area (Å²) < 4.78 is 0. The summed E-state index contributed by atoms with van der Waals surface area (Å²) in [7, 11) is 0. The molecular weight excluding hydrogens is 130 g/mol. The molecule has 1 amide bonds. The predicted molar refractivity (Wildman–Crippen MR) is 39.3 cm³/mol. The average molecular weight is 143 g/mol. The number of hydrogen-bond donors (Lipinski definition) is 2. The molecule has 0 aliphatic rings. The van der Waals surface area contributed by atoms with Gasteiger partial charge in [0.25, 0.3) is 0 Å². The summed E-state index contributed by atoms with van der Waals surface area (Å²) in [6.45, 7) is 1.99. The highest BCUT2D eigenvalue weighted by atomic mass is 16.3. The van der Waals surface area contributed by atoms with Crippen LogP contribution >= 0.6 is 0 Å². The maximum absolute atomic E-state index is 9.70. The number of hydrogen-bond acceptors (Lipinski definition) is 2. The Labute approximate surface area is 60.7 Å². The number of amides is 1. The molecule has 58 valence electrons. The molecule has 0 heterocycles. The third-order valence-electron chi connectivity index (χ3n) is 1.07. The van der Waals surface area contributed by atoms with Crippen LogP contribution in [0.25, 0.3) is 0 Å². The molecule has 0 spiro atoms. The quantitative estimate of drug-likeness (QED) is 0.547. The van der Waals surface area contributed by atoms with Crippen molar-refractivity contribution < 1.29 is 9.90 Å². The van der Waals surface area contributed by atoms with Gasteiger partial charge in [-0.15, -0.1) is 0 Å².